The highest BCUT2D eigenvalue weighted by Crippen LogP contribution is 2.26. The van der Waals surface area contributed by atoms with Crippen molar-refractivity contribution in [3.05, 3.63) is 11.8 Å². The molecule has 0 spiro atoms. The molecule has 0 radical (unpaired) electrons. The van der Waals surface area contributed by atoms with Gasteiger partial charge in [0.05, 0.1) is 11.7 Å². The Bertz CT molecular complexity index is 333. The number of hydrogen-bond donors (Lipinski definition) is 1. The molecule has 2 rings (SSSR count). The Morgan fingerprint density at radius 2 is 2.50 bits per heavy atom. The van der Waals surface area contributed by atoms with Gasteiger partial charge in [0.1, 0.15) is 10.7 Å². The van der Waals surface area contributed by atoms with Gasteiger partial charge in [0, 0.05) is 6.54 Å². The average molecular weight is 227 g/mol. The molecule has 0 aliphatic carbocycles. The zero-order valence-electron chi connectivity index (χ0n) is 8.12. The Morgan fingerprint density at radius 1 is 1.57 bits per heavy atom. The Labute approximate surface area is 92.3 Å². The summed E-state index contributed by atoms with van der Waals surface area (Å²) >= 11 is 3.08. The fourth-order valence-electron chi connectivity index (χ4n) is 1.43. The third-order valence-corrected chi connectivity index (χ3v) is 3.56. The van der Waals surface area contributed by atoms with Gasteiger partial charge in [0.2, 0.25) is 0 Å². The van der Waals surface area contributed by atoms with Crippen molar-refractivity contribution in [3.63, 3.8) is 0 Å². The van der Waals surface area contributed by atoms with Gasteiger partial charge in [-0.2, -0.15) is 8.75 Å². The topological polar surface area (TPSA) is 37.8 Å². The van der Waals surface area contributed by atoms with Crippen LogP contribution in [-0.4, -0.2) is 27.6 Å². The van der Waals surface area contributed by atoms with Gasteiger partial charge in [-0.15, -0.1) is 11.8 Å². The lowest BCUT2D eigenvalue weighted by Crippen LogP contribution is -2.21. The maximum absolute atomic E-state index is 4.36. The summed E-state index contributed by atoms with van der Waals surface area (Å²) in [6.07, 6.45) is 3.37. The molecule has 1 aliphatic heterocycles. The van der Waals surface area contributed by atoms with Crippen LogP contribution < -0.4 is 5.32 Å². The van der Waals surface area contributed by atoms with Crippen LogP contribution in [0.2, 0.25) is 0 Å². The van der Waals surface area contributed by atoms with Gasteiger partial charge in [-0.1, -0.05) is 13.0 Å². The largest absolute Gasteiger partial charge is 0.312 e. The van der Waals surface area contributed by atoms with E-state index in [1.54, 1.807) is 11.8 Å². The average Bonchev–Trinajstić information content (AvgIpc) is 2.68. The van der Waals surface area contributed by atoms with Gasteiger partial charge in [-0.25, -0.2) is 0 Å². The van der Waals surface area contributed by atoms with Crippen LogP contribution in [0, 0.1) is 0 Å². The second-order valence-corrected chi connectivity index (χ2v) is 4.83. The van der Waals surface area contributed by atoms with Crippen LogP contribution in [0.3, 0.4) is 0 Å². The summed E-state index contributed by atoms with van der Waals surface area (Å²) in [6, 6.07) is 0. The van der Waals surface area contributed by atoms with Crippen LogP contribution in [0.25, 0.3) is 5.57 Å². The van der Waals surface area contributed by atoms with Gasteiger partial charge >= 0.3 is 0 Å². The second-order valence-electron chi connectivity index (χ2n) is 3.05. The van der Waals surface area contributed by atoms with Crippen LogP contribution >= 0.6 is 23.5 Å². The molecular formula is C9H13N3S2. The van der Waals surface area contributed by atoms with Crippen LogP contribution in [0.5, 0.6) is 0 Å². The second kappa shape index (κ2) is 4.91. The molecule has 76 valence electrons. The predicted molar refractivity (Wildman–Crippen MR) is 61.8 cm³/mol. The van der Waals surface area contributed by atoms with Gasteiger partial charge < -0.3 is 5.32 Å². The van der Waals surface area contributed by atoms with Gasteiger partial charge in [-0.05, 0) is 24.3 Å². The SMILES string of the molecule is CCSc1nsnc1C1=CCCNC1. The van der Waals surface area contributed by atoms with E-state index in [2.05, 4.69) is 27.1 Å². The minimum atomic E-state index is 0.933. The van der Waals surface area contributed by atoms with Crippen molar-refractivity contribution in [3.8, 4) is 0 Å². The van der Waals surface area contributed by atoms with E-state index in [9.17, 15) is 0 Å². The normalized spacial score (nSPS) is 16.8. The van der Waals surface area contributed by atoms with Crippen LogP contribution in [0.15, 0.2) is 11.1 Å². The Hall–Kier alpha value is -0.390. The molecule has 1 aliphatic rings. The number of rotatable bonds is 3. The van der Waals surface area contributed by atoms with Gasteiger partial charge in [0.25, 0.3) is 0 Å². The van der Waals surface area contributed by atoms with E-state index >= 15 is 0 Å². The molecule has 0 aromatic carbocycles. The Morgan fingerprint density at radius 3 is 3.21 bits per heavy atom. The zero-order chi connectivity index (χ0) is 9.80. The summed E-state index contributed by atoms with van der Waals surface area (Å²) in [5.74, 6) is 1.05. The van der Waals surface area contributed by atoms with Crippen molar-refractivity contribution in [1.82, 2.24) is 14.1 Å². The van der Waals surface area contributed by atoms with Crippen molar-refractivity contribution in [2.75, 3.05) is 18.8 Å². The molecule has 2 heterocycles. The van der Waals surface area contributed by atoms with Crippen LogP contribution in [0.1, 0.15) is 19.0 Å². The lowest BCUT2D eigenvalue weighted by Gasteiger charge is -2.12. The molecule has 3 nitrogen and oxygen atoms in total. The Balaban J connectivity index is 2.21. The van der Waals surface area contributed by atoms with Crippen LogP contribution in [-0.2, 0) is 0 Å². The van der Waals surface area contributed by atoms with E-state index in [4.69, 9.17) is 0 Å². The van der Waals surface area contributed by atoms with Gasteiger partial charge in [0.15, 0.2) is 0 Å². The van der Waals surface area contributed by atoms with Crippen molar-refractivity contribution in [1.29, 1.82) is 0 Å². The lowest BCUT2D eigenvalue weighted by atomic mass is 10.1. The molecule has 0 amide bonds. The van der Waals surface area contributed by atoms with E-state index < -0.39 is 0 Å². The first kappa shape index (κ1) is 10.1. The molecule has 0 unspecified atom stereocenters. The number of nitrogens with zero attached hydrogens (tertiary/aromatic N) is 2. The first-order valence-electron chi connectivity index (χ1n) is 4.77. The van der Waals surface area contributed by atoms with E-state index in [0.29, 0.717) is 0 Å². The smallest absolute Gasteiger partial charge is 0.138 e. The van der Waals surface area contributed by atoms with Crippen molar-refractivity contribution < 1.29 is 0 Å². The maximum atomic E-state index is 4.36. The highest BCUT2D eigenvalue weighted by atomic mass is 32.2. The van der Waals surface area contributed by atoms with E-state index in [-0.39, 0.29) is 0 Å². The van der Waals surface area contributed by atoms with Crippen molar-refractivity contribution in [2.24, 2.45) is 0 Å². The molecule has 5 heteroatoms. The monoisotopic (exact) mass is 227 g/mol. The number of thioether (sulfide) groups is 1. The predicted octanol–water partition coefficient (Wildman–Crippen LogP) is 2.03. The third kappa shape index (κ3) is 2.16. The molecule has 0 saturated carbocycles. The summed E-state index contributed by atoms with van der Waals surface area (Å²) < 4.78 is 8.67. The first-order chi connectivity index (χ1) is 6.92. The van der Waals surface area contributed by atoms with Crippen molar-refractivity contribution >= 4 is 29.1 Å². The molecule has 1 aromatic heterocycles. The van der Waals surface area contributed by atoms with Crippen LogP contribution in [0.4, 0.5) is 0 Å². The molecule has 14 heavy (non-hydrogen) atoms. The van der Waals surface area contributed by atoms with E-state index in [1.165, 1.54) is 17.3 Å². The van der Waals surface area contributed by atoms with E-state index in [1.807, 2.05) is 0 Å². The van der Waals surface area contributed by atoms with Gasteiger partial charge in [-0.3, -0.25) is 0 Å². The molecule has 0 bridgehead atoms. The highest BCUT2D eigenvalue weighted by Gasteiger charge is 2.14. The quantitative estimate of drug-likeness (QED) is 0.802. The maximum Gasteiger partial charge on any atom is 0.138 e. The summed E-state index contributed by atoms with van der Waals surface area (Å²) in [7, 11) is 0. The fourth-order valence-corrected chi connectivity index (χ4v) is 2.87. The molecule has 0 fully saturated rings. The molecule has 1 aromatic rings. The van der Waals surface area contributed by atoms with E-state index in [0.717, 1.165) is 36.0 Å². The molecular weight excluding hydrogens is 214 g/mol. The first-order valence-corrected chi connectivity index (χ1v) is 6.49. The standard InChI is InChI=1S/C9H13N3S2/c1-2-13-9-8(11-14-12-9)7-4-3-5-10-6-7/h4,10H,2-3,5-6H2,1H3. The molecule has 0 atom stereocenters. The molecule has 1 N–H and O–H groups in total. The number of hydrogen-bond acceptors (Lipinski definition) is 5. The minimum absolute atomic E-state index is 0.933. The van der Waals surface area contributed by atoms with Crippen molar-refractivity contribution in [2.45, 2.75) is 18.4 Å². The fraction of sp³-hybridized carbons (Fsp3) is 0.556. The highest BCUT2D eigenvalue weighted by molar-refractivity contribution is 7.99. The third-order valence-electron chi connectivity index (χ3n) is 2.07. The summed E-state index contributed by atoms with van der Waals surface area (Å²) in [5.41, 5.74) is 2.40. The summed E-state index contributed by atoms with van der Waals surface area (Å²) in [4.78, 5) is 0. The summed E-state index contributed by atoms with van der Waals surface area (Å²) in [6.45, 7) is 4.15. The number of aromatic nitrogens is 2. The number of nitrogens with one attached hydrogen (secondary N) is 1. The minimum Gasteiger partial charge on any atom is -0.312 e. The lowest BCUT2D eigenvalue weighted by molar-refractivity contribution is 0.736. The summed E-state index contributed by atoms with van der Waals surface area (Å²) in [5, 5.41) is 4.44. The zero-order valence-corrected chi connectivity index (χ0v) is 9.75. The Kier molecular flexibility index (Phi) is 3.55. The molecule has 0 saturated heterocycles.